The third kappa shape index (κ3) is 4.69. The number of H-pyrrole nitrogens is 1. The molecule has 2 unspecified atom stereocenters. The van der Waals surface area contributed by atoms with E-state index < -0.39 is 17.5 Å². The number of aliphatic hydroxyl groups excluding tert-OH is 1. The van der Waals surface area contributed by atoms with E-state index in [0.29, 0.717) is 27.4 Å². The Bertz CT molecular complexity index is 764. The molecule has 0 spiro atoms. The van der Waals surface area contributed by atoms with Crippen molar-refractivity contribution < 1.29 is 14.7 Å². The quantitative estimate of drug-likeness (QED) is 0.243. The molecule has 134 valence electrons. The fourth-order valence-electron chi connectivity index (χ4n) is 2.24. The second-order valence-electron chi connectivity index (χ2n) is 5.28. The maximum absolute atomic E-state index is 12.7. The van der Waals surface area contributed by atoms with E-state index in [1.54, 1.807) is 30.3 Å². The monoisotopic (exact) mass is 381 g/mol. The van der Waals surface area contributed by atoms with Gasteiger partial charge in [-0.3, -0.25) is 9.89 Å². The van der Waals surface area contributed by atoms with Crippen LogP contribution in [0.5, 0.6) is 0 Å². The van der Waals surface area contributed by atoms with Gasteiger partial charge < -0.3 is 26.3 Å². The Hall–Kier alpha value is -2.14. The number of aliphatic hydroxyl groups is 1. The molecule has 2 rings (SSSR count). The summed E-state index contributed by atoms with van der Waals surface area (Å²) in [7, 11) is 0. The highest BCUT2D eigenvalue weighted by Crippen LogP contribution is 2.24. The molecule has 0 bridgehead atoms. The molecule has 0 saturated carbocycles. The highest BCUT2D eigenvalue weighted by molar-refractivity contribution is 7.73. The molecule has 0 saturated heterocycles. The van der Waals surface area contributed by atoms with Crippen LogP contribution in [0.1, 0.15) is 12.0 Å². The molecule has 1 amide bonds. The van der Waals surface area contributed by atoms with E-state index in [4.69, 9.17) is 23.1 Å². The highest BCUT2D eigenvalue weighted by atomic mass is 32.1. The number of rotatable bonds is 9. The van der Waals surface area contributed by atoms with Crippen molar-refractivity contribution >= 4 is 40.9 Å². The zero-order chi connectivity index (χ0) is 18.3. The van der Waals surface area contributed by atoms with Crippen LogP contribution >= 0.6 is 23.6 Å². The summed E-state index contributed by atoms with van der Waals surface area (Å²) in [5.74, 6) is -0.479. The molecule has 6 N–H and O–H groups in total. The van der Waals surface area contributed by atoms with Gasteiger partial charge >= 0.3 is 0 Å². The largest absolute Gasteiger partial charge is 0.396 e. The number of benzene rings is 1. The van der Waals surface area contributed by atoms with Gasteiger partial charge in [0.1, 0.15) is 17.9 Å². The molecule has 0 fully saturated rings. The van der Waals surface area contributed by atoms with Crippen molar-refractivity contribution in [1.29, 1.82) is 0 Å². The van der Waals surface area contributed by atoms with Gasteiger partial charge in [0.2, 0.25) is 11.0 Å². The first kappa shape index (κ1) is 19.2. The van der Waals surface area contributed by atoms with Crippen LogP contribution in [0, 0.1) is 3.95 Å². The van der Waals surface area contributed by atoms with Gasteiger partial charge in [0.15, 0.2) is 3.95 Å². The van der Waals surface area contributed by atoms with Crippen LogP contribution in [0.3, 0.4) is 0 Å². The van der Waals surface area contributed by atoms with E-state index >= 15 is 0 Å². The van der Waals surface area contributed by atoms with E-state index in [-0.39, 0.29) is 13.2 Å². The van der Waals surface area contributed by atoms with Crippen LogP contribution in [0.4, 0.5) is 5.13 Å². The number of carbonyl (C=O) groups is 2. The predicted molar refractivity (Wildman–Crippen MR) is 97.8 cm³/mol. The molecule has 0 aliphatic rings. The first-order chi connectivity index (χ1) is 12.0. The fraction of sp³-hybridized carbons (Fsp3) is 0.333. The molecular formula is C15H19N5O3S2. The second kappa shape index (κ2) is 8.81. The second-order valence-corrected chi connectivity index (χ2v) is 6.95. The number of nitrogens with one attached hydrogen (secondary N) is 3. The lowest BCUT2D eigenvalue weighted by Gasteiger charge is -2.32. The molecule has 8 nitrogen and oxygen atoms in total. The third-order valence-electron chi connectivity index (χ3n) is 3.55. The predicted octanol–water partition coefficient (Wildman–Crippen LogP) is 0.533. The van der Waals surface area contributed by atoms with Gasteiger partial charge in [0.25, 0.3) is 0 Å². The number of aldehydes is 1. The van der Waals surface area contributed by atoms with Gasteiger partial charge in [-0.2, -0.15) is 0 Å². The van der Waals surface area contributed by atoms with Gasteiger partial charge in [0.05, 0.1) is 0 Å². The summed E-state index contributed by atoms with van der Waals surface area (Å²) in [4.78, 5) is 24.5. The smallest absolute Gasteiger partial charge is 0.245 e. The number of aromatic nitrogens is 2. The van der Waals surface area contributed by atoms with Crippen molar-refractivity contribution in [2.45, 2.75) is 18.0 Å². The van der Waals surface area contributed by atoms with Crippen molar-refractivity contribution in [3.63, 3.8) is 0 Å². The van der Waals surface area contributed by atoms with Crippen LogP contribution in [-0.2, 0) is 15.1 Å². The van der Waals surface area contributed by atoms with Gasteiger partial charge in [-0.15, -0.1) is 5.10 Å². The summed E-state index contributed by atoms with van der Waals surface area (Å²) >= 11 is 6.11. The molecule has 2 aromatic rings. The summed E-state index contributed by atoms with van der Waals surface area (Å²) < 4.78 is 0.426. The number of nitrogens with zero attached hydrogens (tertiary/aromatic N) is 1. The summed E-state index contributed by atoms with van der Waals surface area (Å²) in [6.45, 7) is 0.201. The summed E-state index contributed by atoms with van der Waals surface area (Å²) in [5.41, 5.74) is 5.19. The minimum Gasteiger partial charge on any atom is -0.396 e. The van der Waals surface area contributed by atoms with Crippen molar-refractivity contribution in [2.75, 3.05) is 18.5 Å². The maximum Gasteiger partial charge on any atom is 0.245 e. The number of anilines is 1. The van der Waals surface area contributed by atoms with E-state index in [2.05, 4.69) is 20.8 Å². The number of aromatic amines is 1. The van der Waals surface area contributed by atoms with Gasteiger partial charge in [-0.05, 0) is 24.2 Å². The SMILES string of the molecule is NC(C=O)(c1ccccc1)C(Nc1n[nH]c(=S)s1)C(=O)NCCCO. The molecule has 1 heterocycles. The van der Waals surface area contributed by atoms with E-state index in [0.717, 1.165) is 11.3 Å². The molecular weight excluding hydrogens is 362 g/mol. The Morgan fingerprint density at radius 3 is 2.76 bits per heavy atom. The minimum atomic E-state index is -1.61. The third-order valence-corrected chi connectivity index (χ3v) is 4.57. The van der Waals surface area contributed by atoms with E-state index in [9.17, 15) is 9.59 Å². The lowest BCUT2D eigenvalue weighted by Crippen LogP contribution is -2.59. The molecule has 10 heteroatoms. The van der Waals surface area contributed by atoms with Crippen LogP contribution in [0.15, 0.2) is 30.3 Å². The Balaban J connectivity index is 2.35. The molecule has 0 aliphatic carbocycles. The van der Waals surface area contributed by atoms with Crippen LogP contribution < -0.4 is 16.4 Å². The summed E-state index contributed by atoms with van der Waals surface area (Å²) in [6, 6.07) is 7.50. The minimum absolute atomic E-state index is 0.0563. The zero-order valence-corrected chi connectivity index (χ0v) is 14.9. The van der Waals surface area contributed by atoms with Crippen LogP contribution in [0.25, 0.3) is 0 Å². The normalized spacial score (nSPS) is 14.3. The Labute approximate surface area is 153 Å². The first-order valence-electron chi connectivity index (χ1n) is 7.52. The van der Waals surface area contributed by atoms with Gasteiger partial charge in [-0.1, -0.05) is 41.7 Å². The molecule has 1 aromatic carbocycles. The average Bonchev–Trinajstić information content (AvgIpc) is 3.05. The number of amides is 1. The average molecular weight is 381 g/mol. The highest BCUT2D eigenvalue weighted by Gasteiger charge is 2.42. The first-order valence-corrected chi connectivity index (χ1v) is 8.75. The van der Waals surface area contributed by atoms with Crippen molar-refractivity contribution in [1.82, 2.24) is 15.5 Å². The van der Waals surface area contributed by atoms with Gasteiger partial charge in [0, 0.05) is 13.2 Å². The Morgan fingerprint density at radius 1 is 1.48 bits per heavy atom. The maximum atomic E-state index is 12.7. The standard InChI is InChI=1S/C15H19N5O3S2/c16-15(9-22,10-5-2-1-3-6-10)11(12(23)17-7-4-8-21)18-13-19-20-14(24)25-13/h1-3,5-6,9,11,21H,4,7-8,16H2,(H,17,23)(H,18,19)(H,20,24). The number of carbonyl (C=O) groups excluding carboxylic acids is 2. The van der Waals surface area contributed by atoms with E-state index in [1.165, 1.54) is 0 Å². The molecule has 2 atom stereocenters. The Kier molecular flexibility index (Phi) is 6.76. The lowest BCUT2D eigenvalue weighted by molar-refractivity contribution is -0.126. The summed E-state index contributed by atoms with van der Waals surface area (Å²) in [5, 5.41) is 21.3. The van der Waals surface area contributed by atoms with E-state index in [1.807, 2.05) is 0 Å². The van der Waals surface area contributed by atoms with Crippen LogP contribution in [0.2, 0.25) is 0 Å². The topological polar surface area (TPSA) is 133 Å². The molecule has 1 aromatic heterocycles. The molecule has 0 aliphatic heterocycles. The number of hydrogen-bond donors (Lipinski definition) is 5. The van der Waals surface area contributed by atoms with Gasteiger partial charge in [-0.25, -0.2) is 0 Å². The molecule has 0 radical (unpaired) electrons. The molecule has 25 heavy (non-hydrogen) atoms. The van der Waals surface area contributed by atoms with Crippen LogP contribution in [-0.4, -0.2) is 46.7 Å². The zero-order valence-electron chi connectivity index (χ0n) is 13.3. The van der Waals surface area contributed by atoms with Crippen molar-refractivity contribution in [3.8, 4) is 0 Å². The Morgan fingerprint density at radius 2 is 2.20 bits per heavy atom. The lowest BCUT2D eigenvalue weighted by atomic mass is 9.84. The van der Waals surface area contributed by atoms with Crippen molar-refractivity contribution in [2.24, 2.45) is 5.73 Å². The number of nitrogens with two attached hydrogens (primary N) is 1. The fourth-order valence-corrected chi connectivity index (χ4v) is 3.06. The number of hydrogen-bond acceptors (Lipinski definition) is 8. The van der Waals surface area contributed by atoms with Crippen molar-refractivity contribution in [3.05, 3.63) is 39.8 Å². The summed E-state index contributed by atoms with van der Waals surface area (Å²) in [6.07, 6.45) is 0.932.